The maximum atomic E-state index is 13.5. The van der Waals surface area contributed by atoms with Crippen LogP contribution in [0.1, 0.15) is 25.8 Å². The van der Waals surface area contributed by atoms with Gasteiger partial charge in [0.15, 0.2) is 0 Å². The Kier molecular flexibility index (Phi) is 6.13. The van der Waals surface area contributed by atoms with E-state index in [1.54, 1.807) is 33.4 Å². The van der Waals surface area contributed by atoms with E-state index in [1.165, 1.54) is 18.2 Å². The molecule has 1 aliphatic heterocycles. The molecule has 2 N–H and O–H groups in total. The van der Waals surface area contributed by atoms with Gasteiger partial charge < -0.3 is 5.73 Å². The average molecular weight is 523 g/mol. The van der Waals surface area contributed by atoms with E-state index in [-0.39, 0.29) is 22.4 Å². The molecule has 0 saturated carbocycles. The van der Waals surface area contributed by atoms with E-state index in [2.05, 4.69) is 30.7 Å². The van der Waals surface area contributed by atoms with Gasteiger partial charge in [-0.2, -0.15) is 0 Å². The first-order valence-corrected chi connectivity index (χ1v) is 12.6. The number of benzene rings is 2. The highest BCUT2D eigenvalue weighted by atomic mass is 35.5. The van der Waals surface area contributed by atoms with Crippen LogP contribution in [0.2, 0.25) is 5.02 Å². The van der Waals surface area contributed by atoms with Crippen LogP contribution in [0.5, 0.6) is 0 Å². The standard InChI is InChI=1S/C26H24ClFN6OS/c1-26(2,3)23-32-21(19-9-10-30-24(29)31-19)22(36-23)15-5-4-6-17(13-15)33-11-12-34(25(33)35)20-8-7-16(28)14-18(20)27/h4-10,13-14H,11-12H2,1-3H3,(H2,29,30,31). The Morgan fingerprint density at radius 1 is 1.06 bits per heavy atom. The molecule has 1 saturated heterocycles. The molecular weight excluding hydrogens is 499 g/mol. The Bertz CT molecular complexity index is 1470. The summed E-state index contributed by atoms with van der Waals surface area (Å²) in [6.07, 6.45) is 1.62. The summed E-state index contributed by atoms with van der Waals surface area (Å²) >= 11 is 7.82. The van der Waals surface area contributed by atoms with Crippen LogP contribution in [0, 0.1) is 5.82 Å². The van der Waals surface area contributed by atoms with Crippen LogP contribution in [0.4, 0.5) is 26.5 Å². The number of aromatic nitrogens is 3. The highest BCUT2D eigenvalue weighted by Crippen LogP contribution is 2.41. The minimum atomic E-state index is -0.444. The van der Waals surface area contributed by atoms with Crippen LogP contribution in [-0.4, -0.2) is 34.1 Å². The van der Waals surface area contributed by atoms with Crippen molar-refractivity contribution in [3.63, 3.8) is 0 Å². The van der Waals surface area contributed by atoms with Crippen LogP contribution < -0.4 is 15.5 Å². The number of carbonyl (C=O) groups is 1. The van der Waals surface area contributed by atoms with Crippen molar-refractivity contribution in [3.8, 4) is 21.8 Å². The van der Waals surface area contributed by atoms with Gasteiger partial charge in [0, 0.05) is 30.4 Å². The normalized spacial score (nSPS) is 14.1. The van der Waals surface area contributed by atoms with Crippen LogP contribution in [0.3, 0.4) is 0 Å². The number of nitrogen functional groups attached to an aromatic ring is 1. The Hall–Kier alpha value is -3.56. The molecule has 1 aliphatic rings. The third kappa shape index (κ3) is 4.52. The van der Waals surface area contributed by atoms with Gasteiger partial charge in [0.05, 0.1) is 26.3 Å². The lowest BCUT2D eigenvalue weighted by Crippen LogP contribution is -2.31. The van der Waals surface area contributed by atoms with Crippen molar-refractivity contribution < 1.29 is 9.18 Å². The summed E-state index contributed by atoms with van der Waals surface area (Å²) in [6.45, 7) is 7.25. The molecule has 0 spiro atoms. The molecule has 0 bridgehead atoms. The van der Waals surface area contributed by atoms with E-state index in [9.17, 15) is 9.18 Å². The molecule has 0 unspecified atom stereocenters. The van der Waals surface area contributed by atoms with Crippen molar-refractivity contribution in [1.29, 1.82) is 0 Å². The van der Waals surface area contributed by atoms with Crippen LogP contribution >= 0.6 is 22.9 Å². The molecule has 0 aliphatic carbocycles. The summed E-state index contributed by atoms with van der Waals surface area (Å²) in [7, 11) is 0. The zero-order valence-corrected chi connectivity index (χ0v) is 21.6. The molecule has 2 amide bonds. The molecule has 2 aromatic carbocycles. The maximum Gasteiger partial charge on any atom is 0.329 e. The molecule has 0 atom stereocenters. The smallest absolute Gasteiger partial charge is 0.329 e. The van der Waals surface area contributed by atoms with Gasteiger partial charge in [0.2, 0.25) is 5.95 Å². The van der Waals surface area contributed by atoms with Gasteiger partial charge in [-0.25, -0.2) is 24.1 Å². The van der Waals surface area contributed by atoms with Crippen molar-refractivity contribution >= 4 is 46.3 Å². The van der Waals surface area contributed by atoms with Gasteiger partial charge in [-0.15, -0.1) is 11.3 Å². The second kappa shape index (κ2) is 9.15. The molecule has 7 nitrogen and oxygen atoms in total. The number of nitrogens with two attached hydrogens (primary N) is 1. The molecule has 5 rings (SSSR count). The number of hydrogen-bond acceptors (Lipinski definition) is 6. The Morgan fingerprint density at radius 2 is 1.83 bits per heavy atom. The van der Waals surface area contributed by atoms with Crippen LogP contribution in [0.25, 0.3) is 21.8 Å². The monoisotopic (exact) mass is 522 g/mol. The molecule has 10 heteroatoms. The quantitative estimate of drug-likeness (QED) is 0.335. The largest absolute Gasteiger partial charge is 0.368 e. The van der Waals surface area contributed by atoms with E-state index in [0.29, 0.717) is 24.5 Å². The lowest BCUT2D eigenvalue weighted by molar-refractivity contribution is 0.256. The van der Waals surface area contributed by atoms with Gasteiger partial charge in [-0.05, 0) is 42.0 Å². The van der Waals surface area contributed by atoms with Crippen molar-refractivity contribution in [2.24, 2.45) is 0 Å². The average Bonchev–Trinajstić information content (AvgIpc) is 3.44. The fourth-order valence-corrected chi connectivity index (χ4v) is 5.43. The van der Waals surface area contributed by atoms with Crippen LogP contribution in [0.15, 0.2) is 54.7 Å². The summed E-state index contributed by atoms with van der Waals surface area (Å²) < 4.78 is 13.5. The van der Waals surface area contributed by atoms with E-state index < -0.39 is 5.82 Å². The number of halogens is 2. The Labute approximate surface area is 217 Å². The fraction of sp³-hybridized carbons (Fsp3) is 0.231. The molecule has 1 fully saturated rings. The summed E-state index contributed by atoms with van der Waals surface area (Å²) in [5, 5.41) is 1.16. The molecule has 0 radical (unpaired) electrons. The third-order valence-corrected chi connectivity index (χ3v) is 7.65. The molecule has 2 aromatic heterocycles. The van der Waals surface area contributed by atoms with Gasteiger partial charge in [0.1, 0.15) is 11.5 Å². The van der Waals surface area contributed by atoms with Crippen molar-refractivity contribution in [1.82, 2.24) is 15.0 Å². The number of rotatable bonds is 4. The summed E-state index contributed by atoms with van der Waals surface area (Å²) in [4.78, 5) is 30.8. The topological polar surface area (TPSA) is 88.2 Å². The molecular formula is C26H24ClFN6OS. The third-order valence-electron chi connectivity index (χ3n) is 5.82. The van der Waals surface area contributed by atoms with Gasteiger partial charge in [0.25, 0.3) is 0 Å². The number of hydrogen-bond donors (Lipinski definition) is 1. The SMILES string of the molecule is CC(C)(C)c1nc(-c2ccnc(N)n2)c(-c2cccc(N3CCN(c4ccc(F)cc4Cl)C3=O)c2)s1. The molecule has 3 heterocycles. The van der Waals surface area contributed by atoms with Crippen molar-refractivity contribution in [2.75, 3.05) is 28.6 Å². The fourth-order valence-electron chi connectivity index (χ4n) is 4.03. The lowest BCUT2D eigenvalue weighted by Gasteiger charge is -2.20. The van der Waals surface area contributed by atoms with E-state index in [4.69, 9.17) is 22.3 Å². The summed E-state index contributed by atoms with van der Waals surface area (Å²) in [5.41, 5.74) is 9.21. The number of amides is 2. The zero-order valence-electron chi connectivity index (χ0n) is 20.0. The minimum absolute atomic E-state index is 0.159. The first-order chi connectivity index (χ1) is 17.1. The number of thiazole rings is 1. The summed E-state index contributed by atoms with van der Waals surface area (Å²) in [6, 6.07) is 13.4. The second-order valence-corrected chi connectivity index (χ2v) is 10.9. The van der Waals surface area contributed by atoms with Crippen molar-refractivity contribution in [2.45, 2.75) is 26.2 Å². The number of nitrogens with zero attached hydrogens (tertiary/aromatic N) is 5. The van der Waals surface area contributed by atoms with Gasteiger partial charge in [-0.3, -0.25) is 9.80 Å². The van der Waals surface area contributed by atoms with E-state index in [1.807, 2.05) is 24.3 Å². The van der Waals surface area contributed by atoms with Gasteiger partial charge in [-0.1, -0.05) is 44.5 Å². The van der Waals surface area contributed by atoms with Crippen LogP contribution in [-0.2, 0) is 5.41 Å². The first kappa shape index (κ1) is 24.1. The Balaban J connectivity index is 1.53. The highest BCUT2D eigenvalue weighted by molar-refractivity contribution is 7.15. The summed E-state index contributed by atoms with van der Waals surface area (Å²) in [5.74, 6) is -0.264. The van der Waals surface area contributed by atoms with Gasteiger partial charge >= 0.3 is 6.03 Å². The second-order valence-electron chi connectivity index (χ2n) is 9.48. The predicted octanol–water partition coefficient (Wildman–Crippen LogP) is 6.39. The zero-order chi connectivity index (χ0) is 25.6. The number of urea groups is 1. The van der Waals surface area contributed by atoms with Crippen molar-refractivity contribution in [3.05, 3.63) is 70.6 Å². The number of carbonyl (C=O) groups excluding carboxylic acids is 1. The Morgan fingerprint density at radius 3 is 2.56 bits per heavy atom. The van der Waals surface area contributed by atoms with E-state index >= 15 is 0 Å². The molecule has 36 heavy (non-hydrogen) atoms. The predicted molar refractivity (Wildman–Crippen MR) is 143 cm³/mol. The molecule has 4 aromatic rings. The first-order valence-electron chi connectivity index (χ1n) is 11.4. The lowest BCUT2D eigenvalue weighted by atomic mass is 9.98. The minimum Gasteiger partial charge on any atom is -0.368 e. The number of anilines is 3. The maximum absolute atomic E-state index is 13.5. The highest BCUT2D eigenvalue weighted by Gasteiger charge is 2.32. The molecule has 184 valence electrons. The van der Waals surface area contributed by atoms with E-state index in [0.717, 1.165) is 26.8 Å².